The van der Waals surface area contributed by atoms with E-state index in [1.807, 2.05) is 0 Å². The number of anilines is 1. The SMILES string of the molecule is Cc1nc(C)c(C(=O)C2=C(O)C(=O)N(c3nccs3)C2c2ccc(F)cc2)s1. The van der Waals surface area contributed by atoms with E-state index >= 15 is 0 Å². The van der Waals surface area contributed by atoms with E-state index in [1.165, 1.54) is 58.0 Å². The van der Waals surface area contributed by atoms with Crippen molar-refractivity contribution in [3.8, 4) is 0 Å². The number of aliphatic hydroxyl groups excluding tert-OH is 1. The Hall–Kier alpha value is -2.91. The molecule has 0 radical (unpaired) electrons. The summed E-state index contributed by atoms with van der Waals surface area (Å²) < 4.78 is 13.4. The second-order valence-electron chi connectivity index (χ2n) is 6.18. The molecule has 0 saturated heterocycles. The predicted octanol–water partition coefficient (Wildman–Crippen LogP) is 4.14. The van der Waals surface area contributed by atoms with Gasteiger partial charge in [-0.1, -0.05) is 12.1 Å². The molecule has 9 heteroatoms. The van der Waals surface area contributed by atoms with Crippen LogP contribution in [0.25, 0.3) is 0 Å². The van der Waals surface area contributed by atoms with Gasteiger partial charge in [-0.25, -0.2) is 14.4 Å². The van der Waals surface area contributed by atoms with Crippen LogP contribution in [0, 0.1) is 19.7 Å². The zero-order chi connectivity index (χ0) is 20.0. The molecule has 1 amide bonds. The number of nitrogens with zero attached hydrogens (tertiary/aromatic N) is 3. The Morgan fingerprint density at radius 1 is 1.25 bits per heavy atom. The van der Waals surface area contributed by atoms with Crippen LogP contribution >= 0.6 is 22.7 Å². The van der Waals surface area contributed by atoms with Gasteiger partial charge >= 0.3 is 0 Å². The van der Waals surface area contributed by atoms with E-state index in [4.69, 9.17) is 0 Å². The lowest BCUT2D eigenvalue weighted by molar-refractivity contribution is -0.117. The third-order valence-corrected chi connectivity index (χ3v) is 6.22. The molecule has 6 nitrogen and oxygen atoms in total. The third kappa shape index (κ3) is 2.92. The molecule has 1 aromatic carbocycles. The van der Waals surface area contributed by atoms with Gasteiger partial charge in [-0.2, -0.15) is 0 Å². The van der Waals surface area contributed by atoms with Crippen LogP contribution in [0.2, 0.25) is 0 Å². The highest BCUT2D eigenvalue weighted by Gasteiger charge is 2.46. The molecule has 1 aliphatic heterocycles. The van der Waals surface area contributed by atoms with Crippen LogP contribution in [0.15, 0.2) is 47.2 Å². The van der Waals surface area contributed by atoms with E-state index in [2.05, 4.69) is 9.97 Å². The molecule has 28 heavy (non-hydrogen) atoms. The summed E-state index contributed by atoms with van der Waals surface area (Å²) in [7, 11) is 0. The van der Waals surface area contributed by atoms with Gasteiger partial charge in [-0.05, 0) is 31.5 Å². The smallest absolute Gasteiger partial charge is 0.296 e. The summed E-state index contributed by atoms with van der Waals surface area (Å²) in [6, 6.07) is 4.57. The monoisotopic (exact) mass is 415 g/mol. The summed E-state index contributed by atoms with van der Waals surface area (Å²) in [6.45, 7) is 3.48. The normalized spacial score (nSPS) is 16.9. The highest BCUT2D eigenvalue weighted by Crippen LogP contribution is 2.43. The van der Waals surface area contributed by atoms with E-state index in [-0.39, 0.29) is 5.57 Å². The number of hydrogen-bond donors (Lipinski definition) is 1. The number of aliphatic hydroxyl groups is 1. The largest absolute Gasteiger partial charge is 0.503 e. The lowest BCUT2D eigenvalue weighted by Gasteiger charge is -2.24. The van der Waals surface area contributed by atoms with Gasteiger partial charge in [-0.3, -0.25) is 14.5 Å². The predicted molar refractivity (Wildman–Crippen MR) is 104 cm³/mol. The molecule has 1 N–H and O–H groups in total. The number of amides is 1. The Labute approximate surface area is 167 Å². The van der Waals surface area contributed by atoms with Crippen LogP contribution in [0.3, 0.4) is 0 Å². The van der Waals surface area contributed by atoms with E-state index in [0.717, 1.165) is 0 Å². The molecule has 1 unspecified atom stereocenters. The number of rotatable bonds is 4. The van der Waals surface area contributed by atoms with E-state index in [9.17, 15) is 19.1 Å². The van der Waals surface area contributed by atoms with Gasteiger partial charge < -0.3 is 5.11 Å². The van der Waals surface area contributed by atoms with Crippen molar-refractivity contribution in [1.82, 2.24) is 9.97 Å². The summed E-state index contributed by atoms with van der Waals surface area (Å²) in [5.41, 5.74) is 0.973. The van der Waals surface area contributed by atoms with E-state index in [1.54, 1.807) is 19.2 Å². The fraction of sp³-hybridized carbons (Fsp3) is 0.158. The Morgan fingerprint density at radius 3 is 2.54 bits per heavy atom. The van der Waals surface area contributed by atoms with Gasteiger partial charge in [0.25, 0.3) is 5.91 Å². The maximum atomic E-state index is 13.4. The van der Waals surface area contributed by atoms with E-state index < -0.39 is 29.3 Å². The fourth-order valence-corrected chi connectivity index (χ4v) is 4.74. The Bertz CT molecular complexity index is 1100. The van der Waals surface area contributed by atoms with Crippen molar-refractivity contribution in [3.05, 3.63) is 74.1 Å². The standard InChI is InChI=1S/C19H14FN3O3S2/c1-9-17(28-10(2)22-9)15(24)13-14(11-3-5-12(20)6-4-11)23(18(26)16(13)25)19-21-7-8-27-19/h3-8,14,25H,1-2H3. The minimum Gasteiger partial charge on any atom is -0.503 e. The van der Waals surface area contributed by atoms with Gasteiger partial charge in [-0.15, -0.1) is 22.7 Å². The number of carbonyl (C=O) groups excluding carboxylic acids is 2. The van der Waals surface area contributed by atoms with Gasteiger partial charge in [0, 0.05) is 11.6 Å². The molecule has 0 bridgehead atoms. The van der Waals surface area contributed by atoms with Gasteiger partial charge in [0.05, 0.1) is 27.2 Å². The first-order valence-corrected chi connectivity index (χ1v) is 9.98. The van der Waals surface area contributed by atoms with Crippen LogP contribution in [0.5, 0.6) is 0 Å². The average Bonchev–Trinajstić information content (AvgIpc) is 3.35. The summed E-state index contributed by atoms with van der Waals surface area (Å²) in [5, 5.41) is 13.3. The molecule has 3 aromatic rings. The van der Waals surface area contributed by atoms with Gasteiger partial charge in [0.15, 0.2) is 10.9 Å². The van der Waals surface area contributed by atoms with Crippen LogP contribution in [-0.4, -0.2) is 26.8 Å². The van der Waals surface area contributed by atoms with E-state index in [0.29, 0.717) is 26.3 Å². The molecule has 2 aromatic heterocycles. The molecular formula is C19H14FN3O3S2. The van der Waals surface area contributed by atoms with Crippen LogP contribution in [0.1, 0.15) is 32.0 Å². The number of Topliss-reactive ketones (excluding diaryl/α,β-unsaturated/α-hetero) is 1. The summed E-state index contributed by atoms with van der Waals surface area (Å²) >= 11 is 2.41. The molecular weight excluding hydrogens is 401 g/mol. The van der Waals surface area contributed by atoms with Crippen molar-refractivity contribution in [3.63, 3.8) is 0 Å². The lowest BCUT2D eigenvalue weighted by Crippen LogP contribution is -2.30. The molecule has 1 atom stereocenters. The first kappa shape index (κ1) is 18.5. The lowest BCUT2D eigenvalue weighted by atomic mass is 9.95. The van der Waals surface area contributed by atoms with Crippen molar-refractivity contribution < 1.29 is 19.1 Å². The van der Waals surface area contributed by atoms with Gasteiger partial charge in [0.1, 0.15) is 5.82 Å². The molecule has 0 spiro atoms. The van der Waals surface area contributed by atoms with Crippen molar-refractivity contribution in [2.45, 2.75) is 19.9 Å². The Morgan fingerprint density at radius 2 is 1.96 bits per heavy atom. The number of benzene rings is 1. The minimum absolute atomic E-state index is 0.0569. The molecule has 1 aliphatic rings. The summed E-state index contributed by atoms with van der Waals surface area (Å²) in [5.74, 6) is -2.25. The van der Waals surface area contributed by atoms with Crippen molar-refractivity contribution in [2.75, 3.05) is 4.90 Å². The second kappa shape index (κ2) is 6.92. The van der Waals surface area contributed by atoms with Crippen LogP contribution < -0.4 is 4.90 Å². The van der Waals surface area contributed by atoms with Gasteiger partial charge in [0.2, 0.25) is 5.78 Å². The first-order chi connectivity index (χ1) is 13.4. The highest BCUT2D eigenvalue weighted by atomic mass is 32.1. The summed E-state index contributed by atoms with van der Waals surface area (Å²) in [6.07, 6.45) is 1.53. The Kier molecular flexibility index (Phi) is 4.56. The molecule has 4 rings (SSSR count). The molecule has 3 heterocycles. The highest BCUT2D eigenvalue weighted by molar-refractivity contribution is 7.14. The number of halogens is 1. The zero-order valence-corrected chi connectivity index (χ0v) is 16.5. The average molecular weight is 415 g/mol. The number of hydrogen-bond acceptors (Lipinski definition) is 7. The number of aromatic nitrogens is 2. The Balaban J connectivity index is 1.89. The van der Waals surface area contributed by atoms with Crippen molar-refractivity contribution in [2.24, 2.45) is 0 Å². The molecule has 0 fully saturated rings. The number of ketones is 1. The molecule has 142 valence electrons. The molecule has 0 aliphatic carbocycles. The van der Waals surface area contributed by atoms with Crippen LogP contribution in [-0.2, 0) is 4.79 Å². The number of aryl methyl sites for hydroxylation is 2. The fourth-order valence-electron chi connectivity index (χ4n) is 3.19. The van der Waals surface area contributed by atoms with Crippen LogP contribution in [0.4, 0.5) is 9.52 Å². The molecule has 0 saturated carbocycles. The second-order valence-corrected chi connectivity index (χ2v) is 8.26. The zero-order valence-electron chi connectivity index (χ0n) is 14.8. The van der Waals surface area contributed by atoms with Crippen molar-refractivity contribution in [1.29, 1.82) is 0 Å². The third-order valence-electron chi connectivity index (χ3n) is 4.37. The first-order valence-electron chi connectivity index (χ1n) is 8.29. The van der Waals surface area contributed by atoms with Crippen molar-refractivity contribution >= 4 is 39.5 Å². The minimum atomic E-state index is -0.909. The maximum absolute atomic E-state index is 13.4. The quantitative estimate of drug-likeness (QED) is 0.648. The number of carbonyl (C=O) groups is 2. The summed E-state index contributed by atoms with van der Waals surface area (Å²) in [4.78, 5) is 36.2. The maximum Gasteiger partial charge on any atom is 0.296 e. The topological polar surface area (TPSA) is 83.4 Å². The number of thiazole rings is 2.